The lowest BCUT2D eigenvalue weighted by Crippen LogP contribution is -2.60. The SMILES string of the molecule is CC(C)[C@H](N)C(=O)O[C@H]1CC2C3C[C@H](O)[C@H]([C@@]4(C)CC[C@@H](C(C)(C)O)O4)[C@@]3(C)CCC23C[C@@]32CCC(=O)C(C)(C)C12. The van der Waals surface area contributed by atoms with Crippen molar-refractivity contribution in [2.24, 2.45) is 57.0 Å². The van der Waals surface area contributed by atoms with Gasteiger partial charge in [0.15, 0.2) is 0 Å². The van der Waals surface area contributed by atoms with Crippen LogP contribution >= 0.6 is 0 Å². The Morgan fingerprint density at radius 1 is 1.02 bits per heavy atom. The molecule has 0 aromatic carbocycles. The van der Waals surface area contributed by atoms with E-state index in [2.05, 4.69) is 27.7 Å². The van der Waals surface area contributed by atoms with Crippen LogP contribution < -0.4 is 5.73 Å². The molecule has 5 saturated carbocycles. The predicted octanol–water partition coefficient (Wildman–Crippen LogP) is 4.79. The van der Waals surface area contributed by atoms with Gasteiger partial charge in [0.25, 0.3) is 0 Å². The third-order valence-electron chi connectivity index (χ3n) is 14.0. The molecule has 5 aliphatic carbocycles. The summed E-state index contributed by atoms with van der Waals surface area (Å²) in [7, 11) is 0. The van der Waals surface area contributed by atoms with E-state index in [1.807, 2.05) is 27.7 Å². The highest BCUT2D eigenvalue weighted by atomic mass is 16.5. The number of ether oxygens (including phenoxy) is 2. The molecule has 0 aromatic rings. The van der Waals surface area contributed by atoms with Crippen LogP contribution in [0.15, 0.2) is 0 Å². The van der Waals surface area contributed by atoms with E-state index in [-0.39, 0.29) is 58.0 Å². The van der Waals surface area contributed by atoms with Crippen LogP contribution in [0.3, 0.4) is 0 Å². The largest absolute Gasteiger partial charge is 0.461 e. The van der Waals surface area contributed by atoms with Crippen LogP contribution in [0.5, 0.6) is 0 Å². The van der Waals surface area contributed by atoms with Crippen molar-refractivity contribution >= 4 is 11.8 Å². The molecule has 0 amide bonds. The molecule has 2 spiro atoms. The van der Waals surface area contributed by atoms with Crippen LogP contribution in [0, 0.1) is 51.2 Å². The number of esters is 1. The van der Waals surface area contributed by atoms with Crippen molar-refractivity contribution in [1.82, 2.24) is 0 Å². The zero-order chi connectivity index (χ0) is 30.1. The van der Waals surface area contributed by atoms with Crippen molar-refractivity contribution in [1.29, 1.82) is 0 Å². The number of aliphatic hydroxyl groups is 2. The van der Waals surface area contributed by atoms with Crippen LogP contribution in [0.1, 0.15) is 113 Å². The van der Waals surface area contributed by atoms with Gasteiger partial charge in [0.2, 0.25) is 0 Å². The molecule has 1 saturated heterocycles. The first-order valence-corrected chi connectivity index (χ1v) is 16.4. The number of Topliss-reactive ketones (excluding diaryl/α,β-unsaturated/α-hetero) is 1. The van der Waals surface area contributed by atoms with Crippen LogP contribution in [0.2, 0.25) is 0 Å². The Balaban J connectivity index is 1.35. The van der Waals surface area contributed by atoms with Crippen molar-refractivity contribution in [2.75, 3.05) is 0 Å². The molecule has 1 aliphatic heterocycles. The molecule has 0 bridgehead atoms. The standard InChI is InChI=1S/C34H55NO6/c1-18(2)25(35)28(38)40-22-16-20-19-15-21(36)26(32(8)11-10-24(41-32)30(5,6)39)31(19,7)13-14-33(20)17-34(33)12-9-23(37)29(3,4)27(22)34/h18-22,24-27,36,39H,9-17,35H2,1-8H3/t19?,20?,21-,22-,24-,25-,26-,27?,31-,32+,33?,34+/m0/s1. The van der Waals surface area contributed by atoms with E-state index in [0.717, 1.165) is 51.4 Å². The lowest BCUT2D eigenvalue weighted by atomic mass is 9.45. The zero-order valence-electron chi connectivity index (χ0n) is 26.7. The Kier molecular flexibility index (Phi) is 6.60. The van der Waals surface area contributed by atoms with Gasteiger partial charge >= 0.3 is 5.97 Å². The molecule has 6 aliphatic rings. The molecule has 1 heterocycles. The Labute approximate surface area is 246 Å². The number of carbonyl (C=O) groups is 2. The molecule has 12 atom stereocenters. The number of hydrogen-bond donors (Lipinski definition) is 3. The molecule has 7 heteroatoms. The van der Waals surface area contributed by atoms with Gasteiger partial charge in [-0.25, -0.2) is 0 Å². The summed E-state index contributed by atoms with van der Waals surface area (Å²) in [5, 5.41) is 22.5. The molecule has 4 unspecified atom stereocenters. The fourth-order valence-electron chi connectivity index (χ4n) is 12.1. The van der Waals surface area contributed by atoms with Crippen molar-refractivity contribution in [3.8, 4) is 0 Å². The zero-order valence-corrected chi connectivity index (χ0v) is 26.7. The van der Waals surface area contributed by atoms with Gasteiger partial charge in [-0.15, -0.1) is 0 Å². The van der Waals surface area contributed by atoms with Gasteiger partial charge in [-0.1, -0.05) is 34.6 Å². The van der Waals surface area contributed by atoms with Crippen LogP contribution in [-0.2, 0) is 19.1 Å². The summed E-state index contributed by atoms with van der Waals surface area (Å²) in [4.78, 5) is 26.6. The van der Waals surface area contributed by atoms with Gasteiger partial charge in [-0.2, -0.15) is 0 Å². The van der Waals surface area contributed by atoms with Gasteiger partial charge < -0.3 is 25.4 Å². The number of carbonyl (C=O) groups excluding carboxylic acids is 2. The van der Waals surface area contributed by atoms with Crippen molar-refractivity contribution < 1.29 is 29.3 Å². The molecule has 41 heavy (non-hydrogen) atoms. The van der Waals surface area contributed by atoms with E-state index in [4.69, 9.17) is 15.2 Å². The van der Waals surface area contributed by atoms with Gasteiger partial charge in [-0.3, -0.25) is 9.59 Å². The van der Waals surface area contributed by atoms with E-state index < -0.39 is 28.8 Å². The average molecular weight is 574 g/mol. The summed E-state index contributed by atoms with van der Waals surface area (Å²) in [6, 6.07) is -0.684. The van der Waals surface area contributed by atoms with E-state index in [9.17, 15) is 19.8 Å². The Morgan fingerprint density at radius 2 is 1.71 bits per heavy atom. The summed E-state index contributed by atoms with van der Waals surface area (Å²) < 4.78 is 13.0. The van der Waals surface area contributed by atoms with Gasteiger partial charge in [0.1, 0.15) is 17.9 Å². The molecule has 4 N–H and O–H groups in total. The van der Waals surface area contributed by atoms with E-state index in [1.54, 1.807) is 0 Å². The van der Waals surface area contributed by atoms with Gasteiger partial charge in [0, 0.05) is 23.7 Å². The first kappa shape index (κ1) is 30.0. The van der Waals surface area contributed by atoms with Crippen molar-refractivity contribution in [2.45, 2.75) is 149 Å². The summed E-state index contributed by atoms with van der Waals surface area (Å²) in [6.07, 6.45) is 6.73. The second kappa shape index (κ2) is 9.01. The van der Waals surface area contributed by atoms with Crippen LogP contribution in [0.25, 0.3) is 0 Å². The topological polar surface area (TPSA) is 119 Å². The minimum Gasteiger partial charge on any atom is -0.461 e. The number of ketones is 1. The molecule has 7 nitrogen and oxygen atoms in total. The quantitative estimate of drug-likeness (QED) is 0.405. The summed E-state index contributed by atoms with van der Waals surface area (Å²) >= 11 is 0. The second-order valence-electron chi connectivity index (χ2n) is 17.2. The number of hydrogen-bond acceptors (Lipinski definition) is 7. The fourth-order valence-corrected chi connectivity index (χ4v) is 12.1. The lowest BCUT2D eigenvalue weighted by molar-refractivity contribution is -0.195. The number of nitrogens with two attached hydrogens (primary N) is 1. The summed E-state index contributed by atoms with van der Waals surface area (Å²) in [5.74, 6) is 0.511. The molecule has 232 valence electrons. The first-order chi connectivity index (χ1) is 18.8. The Morgan fingerprint density at radius 3 is 2.32 bits per heavy atom. The first-order valence-electron chi connectivity index (χ1n) is 16.4. The highest BCUT2D eigenvalue weighted by molar-refractivity contribution is 5.86. The Bertz CT molecular complexity index is 1110. The maximum absolute atomic E-state index is 13.3. The lowest BCUT2D eigenvalue weighted by Gasteiger charge is -2.60. The third-order valence-corrected chi connectivity index (χ3v) is 14.0. The minimum absolute atomic E-state index is 0.00430. The van der Waals surface area contributed by atoms with Crippen LogP contribution in [-0.4, -0.2) is 57.5 Å². The summed E-state index contributed by atoms with van der Waals surface area (Å²) in [6.45, 7) is 16.2. The molecule has 0 radical (unpaired) electrons. The number of aliphatic hydroxyl groups excluding tert-OH is 1. The number of rotatable bonds is 5. The highest BCUT2D eigenvalue weighted by Crippen LogP contribution is 2.87. The molecule has 6 fully saturated rings. The minimum atomic E-state index is -0.920. The number of fused-ring (bicyclic) bond motifs is 2. The average Bonchev–Trinajstić information content (AvgIpc) is 3.17. The molecular weight excluding hydrogens is 518 g/mol. The smallest absolute Gasteiger partial charge is 0.323 e. The third kappa shape index (κ3) is 3.96. The highest BCUT2D eigenvalue weighted by Gasteiger charge is 2.83. The maximum atomic E-state index is 13.3. The molecular formula is C34H55NO6. The maximum Gasteiger partial charge on any atom is 0.323 e. The monoisotopic (exact) mass is 573 g/mol. The van der Waals surface area contributed by atoms with Gasteiger partial charge in [-0.05, 0) is 106 Å². The molecule has 0 aromatic heterocycles. The fraction of sp³-hybridized carbons (Fsp3) is 0.941. The summed E-state index contributed by atoms with van der Waals surface area (Å²) in [5.41, 5.74) is 4.35. The van der Waals surface area contributed by atoms with Crippen LogP contribution in [0.4, 0.5) is 0 Å². The van der Waals surface area contributed by atoms with Crippen molar-refractivity contribution in [3.63, 3.8) is 0 Å². The normalized spacial score (nSPS) is 50.9. The van der Waals surface area contributed by atoms with E-state index >= 15 is 0 Å². The van der Waals surface area contributed by atoms with Crippen molar-refractivity contribution in [3.05, 3.63) is 0 Å². The van der Waals surface area contributed by atoms with E-state index in [1.165, 1.54) is 0 Å². The van der Waals surface area contributed by atoms with E-state index in [0.29, 0.717) is 18.3 Å². The Hall–Kier alpha value is -1.02. The van der Waals surface area contributed by atoms with Gasteiger partial charge in [0.05, 0.1) is 23.4 Å². The second-order valence-corrected chi connectivity index (χ2v) is 17.2. The molecule has 6 rings (SSSR count). The predicted molar refractivity (Wildman–Crippen MR) is 156 cm³/mol.